The lowest BCUT2D eigenvalue weighted by molar-refractivity contribution is 0.0314. The molecule has 0 unspecified atom stereocenters. The molecule has 4 heteroatoms. The predicted molar refractivity (Wildman–Crippen MR) is 104 cm³/mol. The van der Waals surface area contributed by atoms with Crippen LogP contribution in [0.15, 0.2) is 41.0 Å². The van der Waals surface area contributed by atoms with E-state index in [4.69, 9.17) is 4.42 Å². The molecule has 0 N–H and O–H groups in total. The van der Waals surface area contributed by atoms with Crippen molar-refractivity contribution in [3.05, 3.63) is 59.0 Å². The van der Waals surface area contributed by atoms with Crippen LogP contribution in [0.4, 0.5) is 0 Å². The second kappa shape index (κ2) is 8.09. The van der Waals surface area contributed by atoms with Crippen LogP contribution < -0.4 is 0 Å². The zero-order valence-electron chi connectivity index (χ0n) is 16.4. The quantitative estimate of drug-likeness (QED) is 0.812. The third-order valence-corrected chi connectivity index (χ3v) is 5.51. The van der Waals surface area contributed by atoms with Gasteiger partial charge < -0.3 is 9.32 Å². The Morgan fingerprint density at radius 1 is 1.15 bits per heavy atom. The van der Waals surface area contributed by atoms with Gasteiger partial charge in [-0.2, -0.15) is 0 Å². The molecule has 2 heterocycles. The van der Waals surface area contributed by atoms with Gasteiger partial charge in [0, 0.05) is 25.2 Å². The Hall–Kier alpha value is -2.07. The second-order valence-corrected chi connectivity index (χ2v) is 7.63. The molecule has 0 saturated carbocycles. The van der Waals surface area contributed by atoms with Crippen LogP contribution in [0.5, 0.6) is 0 Å². The molecule has 1 aromatic carbocycles. The molecule has 1 saturated heterocycles. The summed E-state index contributed by atoms with van der Waals surface area (Å²) < 4.78 is 5.31. The number of aryl methyl sites for hydroxylation is 3. The highest BCUT2D eigenvalue weighted by Crippen LogP contribution is 2.20. The molecule has 0 bridgehead atoms. The highest BCUT2D eigenvalue weighted by Gasteiger charge is 2.32. The molecule has 1 amide bonds. The fourth-order valence-corrected chi connectivity index (χ4v) is 3.88. The Bertz CT molecular complexity index is 752. The van der Waals surface area contributed by atoms with Gasteiger partial charge in [-0.15, -0.1) is 0 Å². The summed E-state index contributed by atoms with van der Waals surface area (Å²) >= 11 is 0. The average Bonchev–Trinajstić information content (AvgIpc) is 3.05. The third kappa shape index (κ3) is 4.18. The summed E-state index contributed by atoms with van der Waals surface area (Å²) in [6.07, 6.45) is 3.83. The molecule has 2 aromatic rings. The van der Waals surface area contributed by atoms with Crippen molar-refractivity contribution < 1.29 is 9.21 Å². The van der Waals surface area contributed by atoms with E-state index in [9.17, 15) is 4.79 Å². The average molecular weight is 354 g/mol. The topological polar surface area (TPSA) is 36.7 Å². The van der Waals surface area contributed by atoms with E-state index in [2.05, 4.69) is 49.9 Å². The highest BCUT2D eigenvalue weighted by atomic mass is 16.3. The molecular formula is C22H30N2O2. The lowest BCUT2D eigenvalue weighted by Gasteiger charge is -2.44. The van der Waals surface area contributed by atoms with Crippen LogP contribution in [0.2, 0.25) is 0 Å². The second-order valence-electron chi connectivity index (χ2n) is 7.63. The largest absolute Gasteiger partial charge is 0.469 e. The molecule has 1 fully saturated rings. The van der Waals surface area contributed by atoms with Crippen molar-refractivity contribution in [1.82, 2.24) is 9.80 Å². The monoisotopic (exact) mass is 354 g/mol. The first-order valence-corrected chi connectivity index (χ1v) is 9.60. The van der Waals surface area contributed by atoms with Crippen LogP contribution in [-0.4, -0.2) is 47.4 Å². The van der Waals surface area contributed by atoms with E-state index in [-0.39, 0.29) is 11.9 Å². The van der Waals surface area contributed by atoms with Crippen LogP contribution >= 0.6 is 0 Å². The van der Waals surface area contributed by atoms with E-state index in [0.717, 1.165) is 38.2 Å². The maximum Gasteiger partial charge on any atom is 0.257 e. The first-order valence-electron chi connectivity index (χ1n) is 9.60. The van der Waals surface area contributed by atoms with Crippen molar-refractivity contribution in [3.63, 3.8) is 0 Å². The zero-order chi connectivity index (χ0) is 18.7. The smallest absolute Gasteiger partial charge is 0.257 e. The zero-order valence-corrected chi connectivity index (χ0v) is 16.4. The van der Waals surface area contributed by atoms with Gasteiger partial charge in [-0.25, -0.2) is 0 Å². The molecule has 2 atom stereocenters. The number of furan rings is 1. The number of hydrogen-bond donors (Lipinski definition) is 0. The minimum atomic E-state index is 0.0840. The molecule has 1 aromatic heterocycles. The van der Waals surface area contributed by atoms with E-state index in [1.165, 1.54) is 11.1 Å². The van der Waals surface area contributed by atoms with Gasteiger partial charge in [0.1, 0.15) is 12.0 Å². The molecule has 1 aliphatic heterocycles. The van der Waals surface area contributed by atoms with Gasteiger partial charge in [0.2, 0.25) is 0 Å². The highest BCUT2D eigenvalue weighted by molar-refractivity contribution is 5.94. The summed E-state index contributed by atoms with van der Waals surface area (Å²) in [5, 5.41) is 0. The van der Waals surface area contributed by atoms with Crippen molar-refractivity contribution in [2.45, 2.75) is 52.6 Å². The summed E-state index contributed by atoms with van der Waals surface area (Å²) in [5.41, 5.74) is 3.48. The Labute approximate surface area is 156 Å². The Kier molecular flexibility index (Phi) is 5.82. The number of hydrogen-bond acceptors (Lipinski definition) is 3. The van der Waals surface area contributed by atoms with Crippen LogP contribution in [-0.2, 0) is 6.42 Å². The first kappa shape index (κ1) is 18.7. The van der Waals surface area contributed by atoms with Crippen molar-refractivity contribution in [1.29, 1.82) is 0 Å². The normalized spacial score (nSPS) is 21.2. The number of benzene rings is 1. The molecule has 1 aliphatic rings. The van der Waals surface area contributed by atoms with Gasteiger partial charge in [0.15, 0.2) is 0 Å². The van der Waals surface area contributed by atoms with Gasteiger partial charge >= 0.3 is 0 Å². The van der Waals surface area contributed by atoms with Crippen LogP contribution in [0.25, 0.3) is 0 Å². The van der Waals surface area contributed by atoms with Crippen molar-refractivity contribution in [2.75, 3.05) is 19.6 Å². The maximum absolute atomic E-state index is 12.8. The van der Waals surface area contributed by atoms with Gasteiger partial charge in [0.25, 0.3) is 5.91 Å². The molecule has 0 spiro atoms. The number of carbonyl (C=O) groups is 1. The van der Waals surface area contributed by atoms with Crippen LogP contribution in [0.1, 0.15) is 47.5 Å². The van der Waals surface area contributed by atoms with Gasteiger partial charge in [-0.05, 0) is 64.3 Å². The number of rotatable bonds is 5. The Morgan fingerprint density at radius 3 is 2.62 bits per heavy atom. The maximum atomic E-state index is 12.8. The molecule has 26 heavy (non-hydrogen) atoms. The Balaban J connectivity index is 1.55. The fraction of sp³-hybridized carbons (Fsp3) is 0.500. The summed E-state index contributed by atoms with van der Waals surface area (Å²) in [6, 6.07) is 11.0. The summed E-state index contributed by atoms with van der Waals surface area (Å²) in [6.45, 7) is 11.2. The van der Waals surface area contributed by atoms with E-state index >= 15 is 0 Å². The SMILES string of the molecule is Cc1cc(C(=O)N2C[C@@H](C)N(CCCc3ccccc3C)C[C@@H]2C)co1. The van der Waals surface area contributed by atoms with E-state index < -0.39 is 0 Å². The molecule has 140 valence electrons. The summed E-state index contributed by atoms with van der Waals surface area (Å²) in [5.74, 6) is 0.865. The van der Waals surface area contributed by atoms with Crippen LogP contribution in [0, 0.1) is 13.8 Å². The standard InChI is InChI=1S/C22H30N2O2/c1-16-8-5-6-9-20(16)10-7-11-23-13-18(3)24(14-17(23)2)22(25)21-12-19(4)26-15-21/h5-6,8-9,12,15,17-18H,7,10-11,13-14H2,1-4H3/t17-,18+/m1/s1. The minimum absolute atomic E-state index is 0.0840. The fourth-order valence-electron chi connectivity index (χ4n) is 3.88. The molecule has 3 rings (SSSR count). The Morgan fingerprint density at radius 2 is 1.92 bits per heavy atom. The molecular weight excluding hydrogens is 324 g/mol. The van der Waals surface area contributed by atoms with Gasteiger partial charge in [-0.1, -0.05) is 24.3 Å². The van der Waals surface area contributed by atoms with E-state index in [1.807, 2.05) is 17.9 Å². The van der Waals surface area contributed by atoms with E-state index in [0.29, 0.717) is 11.6 Å². The summed E-state index contributed by atoms with van der Waals surface area (Å²) in [4.78, 5) is 17.3. The van der Waals surface area contributed by atoms with Crippen molar-refractivity contribution in [2.24, 2.45) is 0 Å². The molecule has 0 aliphatic carbocycles. The first-order chi connectivity index (χ1) is 12.5. The molecule has 0 radical (unpaired) electrons. The minimum Gasteiger partial charge on any atom is -0.469 e. The number of nitrogens with zero attached hydrogens (tertiary/aromatic N) is 2. The van der Waals surface area contributed by atoms with Crippen molar-refractivity contribution in [3.8, 4) is 0 Å². The van der Waals surface area contributed by atoms with Crippen molar-refractivity contribution >= 4 is 5.91 Å². The van der Waals surface area contributed by atoms with Gasteiger partial charge in [-0.3, -0.25) is 9.69 Å². The molecule has 4 nitrogen and oxygen atoms in total. The van der Waals surface area contributed by atoms with Crippen LogP contribution in [0.3, 0.4) is 0 Å². The summed E-state index contributed by atoms with van der Waals surface area (Å²) in [7, 11) is 0. The number of carbonyl (C=O) groups excluding carboxylic acids is 1. The number of piperazine rings is 1. The van der Waals surface area contributed by atoms with E-state index in [1.54, 1.807) is 6.26 Å². The lowest BCUT2D eigenvalue weighted by Crippen LogP contribution is -2.58. The third-order valence-electron chi connectivity index (χ3n) is 5.51. The lowest BCUT2D eigenvalue weighted by atomic mass is 10.0. The predicted octanol–water partition coefficient (Wildman–Crippen LogP) is 4.06. The van der Waals surface area contributed by atoms with Gasteiger partial charge in [0.05, 0.1) is 5.56 Å². The number of amides is 1.